The zero-order valence-corrected chi connectivity index (χ0v) is 15.9. The molecule has 2 aromatic rings. The fourth-order valence-electron chi connectivity index (χ4n) is 2.29. The third kappa shape index (κ3) is 6.07. The molecule has 7 heteroatoms. The zero-order valence-electron chi connectivity index (χ0n) is 15.1. The SMILES string of the molecule is CCNC(=NCc1ccc(OC)cc1)NCCS(=O)(=O)c1ccccc1. The van der Waals surface area contributed by atoms with Gasteiger partial charge in [-0.15, -0.1) is 0 Å². The van der Waals surface area contributed by atoms with Crippen LogP contribution in [0.1, 0.15) is 12.5 Å². The minimum atomic E-state index is -3.30. The summed E-state index contributed by atoms with van der Waals surface area (Å²) < 4.78 is 29.7. The van der Waals surface area contributed by atoms with E-state index in [0.717, 1.165) is 11.3 Å². The molecular formula is C19H25N3O3S. The lowest BCUT2D eigenvalue weighted by molar-refractivity contribution is 0.414. The van der Waals surface area contributed by atoms with Crippen molar-refractivity contribution in [2.45, 2.75) is 18.4 Å². The van der Waals surface area contributed by atoms with Crippen molar-refractivity contribution >= 4 is 15.8 Å². The maximum Gasteiger partial charge on any atom is 0.191 e. The van der Waals surface area contributed by atoms with E-state index < -0.39 is 9.84 Å². The molecule has 0 unspecified atom stereocenters. The summed E-state index contributed by atoms with van der Waals surface area (Å²) in [7, 11) is -1.68. The van der Waals surface area contributed by atoms with Crippen molar-refractivity contribution in [3.8, 4) is 5.75 Å². The van der Waals surface area contributed by atoms with Crippen molar-refractivity contribution in [1.29, 1.82) is 0 Å². The predicted octanol–water partition coefficient (Wildman–Crippen LogP) is 2.22. The molecule has 2 N–H and O–H groups in total. The molecule has 0 atom stereocenters. The van der Waals surface area contributed by atoms with Gasteiger partial charge < -0.3 is 15.4 Å². The minimum Gasteiger partial charge on any atom is -0.497 e. The third-order valence-corrected chi connectivity index (χ3v) is 5.42. The van der Waals surface area contributed by atoms with E-state index in [9.17, 15) is 8.42 Å². The van der Waals surface area contributed by atoms with Crippen LogP contribution in [0.2, 0.25) is 0 Å². The van der Waals surface area contributed by atoms with Gasteiger partial charge in [0.05, 0.1) is 24.3 Å². The van der Waals surface area contributed by atoms with E-state index >= 15 is 0 Å². The van der Waals surface area contributed by atoms with Gasteiger partial charge in [-0.3, -0.25) is 0 Å². The fraction of sp³-hybridized carbons (Fsp3) is 0.316. The van der Waals surface area contributed by atoms with E-state index in [1.807, 2.05) is 31.2 Å². The lowest BCUT2D eigenvalue weighted by Crippen LogP contribution is -2.39. The molecule has 26 heavy (non-hydrogen) atoms. The Labute approximate surface area is 155 Å². The van der Waals surface area contributed by atoms with Gasteiger partial charge in [0.2, 0.25) is 0 Å². The number of guanidine groups is 1. The van der Waals surface area contributed by atoms with Gasteiger partial charge in [0.15, 0.2) is 15.8 Å². The number of ether oxygens (including phenoxy) is 1. The van der Waals surface area contributed by atoms with Crippen LogP contribution in [0.3, 0.4) is 0 Å². The van der Waals surface area contributed by atoms with E-state index in [1.54, 1.807) is 37.4 Å². The van der Waals surface area contributed by atoms with Gasteiger partial charge >= 0.3 is 0 Å². The Bertz CT molecular complexity index is 804. The van der Waals surface area contributed by atoms with Crippen LogP contribution in [-0.4, -0.2) is 40.3 Å². The summed E-state index contributed by atoms with van der Waals surface area (Å²) in [5, 5.41) is 6.20. The molecule has 2 aromatic carbocycles. The Morgan fingerprint density at radius 2 is 1.73 bits per heavy atom. The van der Waals surface area contributed by atoms with Crippen LogP contribution in [0, 0.1) is 0 Å². The van der Waals surface area contributed by atoms with Gasteiger partial charge in [-0.1, -0.05) is 30.3 Å². The molecule has 0 radical (unpaired) electrons. The van der Waals surface area contributed by atoms with Crippen LogP contribution in [0.15, 0.2) is 64.5 Å². The fourth-order valence-corrected chi connectivity index (χ4v) is 3.47. The standard InChI is InChI=1S/C19H25N3O3S/c1-3-20-19(22-15-16-9-11-17(25-2)12-10-16)21-13-14-26(23,24)18-7-5-4-6-8-18/h4-12H,3,13-15H2,1-2H3,(H2,20,21,22). The van der Waals surface area contributed by atoms with Gasteiger partial charge in [-0.05, 0) is 36.8 Å². The van der Waals surface area contributed by atoms with E-state index in [4.69, 9.17) is 4.74 Å². The summed E-state index contributed by atoms with van der Waals surface area (Å²) in [5.74, 6) is 1.39. The highest BCUT2D eigenvalue weighted by atomic mass is 32.2. The van der Waals surface area contributed by atoms with E-state index in [2.05, 4.69) is 15.6 Å². The van der Waals surface area contributed by atoms with Gasteiger partial charge in [-0.2, -0.15) is 0 Å². The predicted molar refractivity (Wildman–Crippen MR) is 104 cm³/mol. The highest BCUT2D eigenvalue weighted by Gasteiger charge is 2.13. The Morgan fingerprint density at radius 3 is 2.35 bits per heavy atom. The van der Waals surface area contributed by atoms with Crippen molar-refractivity contribution in [2.75, 3.05) is 26.0 Å². The maximum atomic E-state index is 12.3. The van der Waals surface area contributed by atoms with Crippen molar-refractivity contribution in [3.05, 3.63) is 60.2 Å². The second kappa shape index (κ2) is 9.82. The van der Waals surface area contributed by atoms with Crippen LogP contribution in [0.25, 0.3) is 0 Å². The lowest BCUT2D eigenvalue weighted by Gasteiger charge is -2.12. The molecule has 0 saturated heterocycles. The summed E-state index contributed by atoms with van der Waals surface area (Å²) in [6.07, 6.45) is 0. The summed E-state index contributed by atoms with van der Waals surface area (Å²) in [6, 6.07) is 16.1. The number of methoxy groups -OCH3 is 1. The molecule has 140 valence electrons. The molecule has 0 heterocycles. The number of aliphatic imine (C=N–C) groups is 1. The molecule has 0 aliphatic rings. The molecule has 6 nitrogen and oxygen atoms in total. The number of sulfone groups is 1. The van der Waals surface area contributed by atoms with Crippen LogP contribution < -0.4 is 15.4 Å². The first kappa shape index (κ1) is 19.8. The first-order valence-electron chi connectivity index (χ1n) is 8.48. The molecule has 0 bridgehead atoms. The molecule has 0 aromatic heterocycles. The molecule has 0 fully saturated rings. The lowest BCUT2D eigenvalue weighted by atomic mass is 10.2. The normalized spacial score (nSPS) is 11.8. The second-order valence-corrected chi connectivity index (χ2v) is 7.71. The molecule has 2 rings (SSSR count). The average Bonchev–Trinajstić information content (AvgIpc) is 2.67. The highest BCUT2D eigenvalue weighted by molar-refractivity contribution is 7.91. The zero-order chi connectivity index (χ0) is 18.8. The Balaban J connectivity index is 1.92. The quantitative estimate of drug-likeness (QED) is 0.546. The van der Waals surface area contributed by atoms with Crippen molar-refractivity contribution in [2.24, 2.45) is 4.99 Å². The summed E-state index contributed by atoms with van der Waals surface area (Å²) in [5.41, 5.74) is 1.04. The van der Waals surface area contributed by atoms with Crippen molar-refractivity contribution in [3.63, 3.8) is 0 Å². The van der Waals surface area contributed by atoms with Gasteiger partial charge in [0.1, 0.15) is 5.75 Å². The summed E-state index contributed by atoms with van der Waals surface area (Å²) in [4.78, 5) is 4.83. The largest absolute Gasteiger partial charge is 0.497 e. The van der Waals surface area contributed by atoms with Crippen LogP contribution in [0.5, 0.6) is 5.75 Å². The number of nitrogens with zero attached hydrogens (tertiary/aromatic N) is 1. The van der Waals surface area contributed by atoms with E-state index in [-0.39, 0.29) is 12.3 Å². The monoisotopic (exact) mass is 375 g/mol. The Kier molecular flexibility index (Phi) is 7.47. The number of rotatable bonds is 8. The van der Waals surface area contributed by atoms with Gasteiger partial charge in [0, 0.05) is 13.1 Å². The summed E-state index contributed by atoms with van der Waals surface area (Å²) >= 11 is 0. The number of hydrogen-bond donors (Lipinski definition) is 2. The van der Waals surface area contributed by atoms with E-state index in [0.29, 0.717) is 23.9 Å². The van der Waals surface area contributed by atoms with Crippen molar-refractivity contribution in [1.82, 2.24) is 10.6 Å². The number of benzene rings is 2. The molecular weight excluding hydrogens is 350 g/mol. The number of hydrogen-bond acceptors (Lipinski definition) is 4. The molecule has 0 saturated carbocycles. The Hall–Kier alpha value is -2.54. The molecule has 0 aliphatic carbocycles. The maximum absolute atomic E-state index is 12.3. The van der Waals surface area contributed by atoms with Crippen LogP contribution in [0.4, 0.5) is 0 Å². The van der Waals surface area contributed by atoms with Gasteiger partial charge in [-0.25, -0.2) is 13.4 Å². The third-order valence-electron chi connectivity index (χ3n) is 3.69. The molecule has 0 spiro atoms. The van der Waals surface area contributed by atoms with Crippen LogP contribution in [-0.2, 0) is 16.4 Å². The molecule has 0 amide bonds. The first-order valence-corrected chi connectivity index (χ1v) is 10.1. The van der Waals surface area contributed by atoms with E-state index in [1.165, 1.54) is 0 Å². The number of nitrogens with one attached hydrogen (secondary N) is 2. The van der Waals surface area contributed by atoms with Gasteiger partial charge in [0.25, 0.3) is 0 Å². The molecule has 0 aliphatic heterocycles. The average molecular weight is 375 g/mol. The minimum absolute atomic E-state index is 0.00393. The van der Waals surface area contributed by atoms with Crippen LogP contribution >= 0.6 is 0 Å². The Morgan fingerprint density at radius 1 is 1.04 bits per heavy atom. The second-order valence-electron chi connectivity index (χ2n) is 5.60. The topological polar surface area (TPSA) is 79.8 Å². The smallest absolute Gasteiger partial charge is 0.191 e. The summed E-state index contributed by atoms with van der Waals surface area (Å²) in [6.45, 7) is 3.43. The van der Waals surface area contributed by atoms with Crippen molar-refractivity contribution < 1.29 is 13.2 Å². The first-order chi connectivity index (χ1) is 12.5. The highest BCUT2D eigenvalue weighted by Crippen LogP contribution is 2.12.